The SMILES string of the molecule is C.COC(=O)/C=C/c1cc(C#CCCN(O)C(N)=O)ccc1OCCN1CCN([C@H](c2ccccc2)c2ccc(Cl)cc2)CC1. The average molecular weight is 633 g/mol. The van der Waals surface area contributed by atoms with Crippen LogP contribution in [0.15, 0.2) is 78.9 Å². The van der Waals surface area contributed by atoms with Crippen molar-refractivity contribution in [2.45, 2.75) is 19.9 Å². The third-order valence-corrected chi connectivity index (χ3v) is 7.54. The summed E-state index contributed by atoms with van der Waals surface area (Å²) in [6, 6.07) is 23.3. The number of carbonyl (C=O) groups is 2. The van der Waals surface area contributed by atoms with Crippen molar-refractivity contribution in [3.8, 4) is 17.6 Å². The molecule has 1 heterocycles. The van der Waals surface area contributed by atoms with Crippen molar-refractivity contribution in [2.75, 3.05) is 53.0 Å². The number of primary amides is 1. The molecule has 4 rings (SSSR count). The molecular weight excluding hydrogens is 592 g/mol. The minimum absolute atomic E-state index is 0. The number of nitrogens with zero attached hydrogens (tertiary/aromatic N) is 3. The zero-order valence-electron chi connectivity index (χ0n) is 24.7. The number of esters is 1. The molecule has 1 saturated heterocycles. The number of carbonyl (C=O) groups excluding carboxylic acids is 2. The second kappa shape index (κ2) is 17.8. The number of ether oxygens (including phenoxy) is 2. The number of methoxy groups -OCH3 is 1. The quantitative estimate of drug-likeness (QED) is 0.0950. The van der Waals surface area contributed by atoms with Crippen LogP contribution in [0.25, 0.3) is 6.08 Å². The maximum absolute atomic E-state index is 11.7. The predicted octanol–water partition coefficient (Wildman–Crippen LogP) is 5.46. The number of benzene rings is 3. The van der Waals surface area contributed by atoms with Crippen LogP contribution in [0.4, 0.5) is 4.79 Å². The second-order valence-corrected chi connectivity index (χ2v) is 10.6. The molecule has 1 aliphatic rings. The highest BCUT2D eigenvalue weighted by atomic mass is 35.5. The molecule has 0 unspecified atom stereocenters. The molecule has 3 aromatic carbocycles. The zero-order chi connectivity index (χ0) is 31.3. The molecule has 1 atom stereocenters. The van der Waals surface area contributed by atoms with Gasteiger partial charge in [-0.3, -0.25) is 15.0 Å². The van der Waals surface area contributed by atoms with E-state index in [4.69, 9.17) is 26.8 Å². The molecule has 3 aromatic rings. The molecule has 0 aliphatic carbocycles. The van der Waals surface area contributed by atoms with Crippen molar-refractivity contribution < 1.29 is 24.3 Å². The molecule has 0 radical (unpaired) electrons. The van der Waals surface area contributed by atoms with Gasteiger partial charge in [0.1, 0.15) is 12.4 Å². The summed E-state index contributed by atoms with van der Waals surface area (Å²) in [6.45, 7) is 4.87. The smallest absolute Gasteiger partial charge is 0.338 e. The first-order valence-electron chi connectivity index (χ1n) is 14.4. The van der Waals surface area contributed by atoms with E-state index in [2.05, 4.69) is 58.0 Å². The summed E-state index contributed by atoms with van der Waals surface area (Å²) >= 11 is 6.18. The maximum Gasteiger partial charge on any atom is 0.338 e. The summed E-state index contributed by atoms with van der Waals surface area (Å²) in [5.41, 5.74) is 8.86. The van der Waals surface area contributed by atoms with Gasteiger partial charge in [-0.15, -0.1) is 0 Å². The standard InChI is InChI=1S/C34H37ClN4O5.CH4/c1-43-32(40)17-13-29-25-26(7-5-6-18-39(42)34(36)41)10-16-31(29)44-24-23-37-19-21-38(22-20-37)33(27-8-3-2-4-9-27)28-11-14-30(35)15-12-28;/h2-4,8-17,25,33,42H,6,18-24H2,1H3,(H2,36,41);1H4/b17-13+;/t33-;/m1./s1. The van der Waals surface area contributed by atoms with Crippen LogP contribution >= 0.6 is 11.6 Å². The Morgan fingerprint density at radius 2 is 1.73 bits per heavy atom. The van der Waals surface area contributed by atoms with Crippen molar-refractivity contribution in [1.82, 2.24) is 14.9 Å². The van der Waals surface area contributed by atoms with Gasteiger partial charge >= 0.3 is 12.0 Å². The first-order chi connectivity index (χ1) is 21.3. The van der Waals surface area contributed by atoms with Gasteiger partial charge in [-0.25, -0.2) is 14.7 Å². The summed E-state index contributed by atoms with van der Waals surface area (Å²) in [4.78, 5) is 27.6. The number of hydrogen-bond acceptors (Lipinski definition) is 7. The molecule has 1 fully saturated rings. The van der Waals surface area contributed by atoms with E-state index in [9.17, 15) is 14.8 Å². The Morgan fingerprint density at radius 3 is 2.40 bits per heavy atom. The van der Waals surface area contributed by atoms with Gasteiger partial charge in [0.15, 0.2) is 0 Å². The van der Waals surface area contributed by atoms with Crippen molar-refractivity contribution in [3.63, 3.8) is 0 Å². The minimum Gasteiger partial charge on any atom is -0.492 e. The largest absolute Gasteiger partial charge is 0.492 e. The Hall–Kier alpha value is -4.33. The van der Waals surface area contributed by atoms with Crippen LogP contribution in [0, 0.1) is 11.8 Å². The van der Waals surface area contributed by atoms with Crippen LogP contribution in [-0.2, 0) is 9.53 Å². The number of amides is 2. The Labute approximate surface area is 270 Å². The van der Waals surface area contributed by atoms with Gasteiger partial charge in [0.25, 0.3) is 0 Å². The van der Waals surface area contributed by atoms with Gasteiger partial charge < -0.3 is 15.2 Å². The van der Waals surface area contributed by atoms with Crippen LogP contribution in [0.2, 0.25) is 5.02 Å². The Kier molecular flexibility index (Phi) is 13.9. The summed E-state index contributed by atoms with van der Waals surface area (Å²) in [7, 11) is 1.32. The highest BCUT2D eigenvalue weighted by Crippen LogP contribution is 2.30. The lowest BCUT2D eigenvalue weighted by molar-refractivity contribution is -0.134. The van der Waals surface area contributed by atoms with Crippen molar-refractivity contribution in [3.05, 3.63) is 106 Å². The van der Waals surface area contributed by atoms with Gasteiger partial charge in [-0.1, -0.05) is 73.3 Å². The summed E-state index contributed by atoms with van der Waals surface area (Å²) in [5.74, 6) is 6.03. The zero-order valence-corrected chi connectivity index (χ0v) is 25.5. The molecular formula is C35H41ClN4O5. The van der Waals surface area contributed by atoms with E-state index in [-0.39, 0.29) is 26.4 Å². The van der Waals surface area contributed by atoms with Crippen LogP contribution in [0.3, 0.4) is 0 Å². The molecule has 3 N–H and O–H groups in total. The fourth-order valence-electron chi connectivity index (χ4n) is 4.97. The van der Waals surface area contributed by atoms with Gasteiger partial charge in [0.05, 0.1) is 19.7 Å². The monoisotopic (exact) mass is 632 g/mol. The molecule has 2 amide bonds. The van der Waals surface area contributed by atoms with Crippen molar-refractivity contribution >= 4 is 29.7 Å². The number of nitrogens with two attached hydrogens (primary N) is 1. The second-order valence-electron chi connectivity index (χ2n) is 10.2. The van der Waals surface area contributed by atoms with Crippen LogP contribution in [0.5, 0.6) is 5.75 Å². The number of piperazine rings is 1. The highest BCUT2D eigenvalue weighted by molar-refractivity contribution is 6.30. The van der Waals surface area contributed by atoms with E-state index >= 15 is 0 Å². The van der Waals surface area contributed by atoms with E-state index in [1.165, 1.54) is 24.3 Å². The van der Waals surface area contributed by atoms with Gasteiger partial charge in [0, 0.05) is 61.4 Å². The van der Waals surface area contributed by atoms with E-state index in [1.807, 2.05) is 36.4 Å². The lowest BCUT2D eigenvalue weighted by Gasteiger charge is -2.39. The first-order valence-corrected chi connectivity index (χ1v) is 14.8. The fourth-order valence-corrected chi connectivity index (χ4v) is 5.10. The molecule has 0 spiro atoms. The lowest BCUT2D eigenvalue weighted by atomic mass is 9.96. The summed E-state index contributed by atoms with van der Waals surface area (Å²) in [5, 5.41) is 10.5. The number of rotatable bonds is 11. The Morgan fingerprint density at radius 1 is 1.04 bits per heavy atom. The molecule has 9 nitrogen and oxygen atoms in total. The van der Waals surface area contributed by atoms with E-state index in [0.717, 1.165) is 37.7 Å². The number of urea groups is 1. The number of hydrogen-bond donors (Lipinski definition) is 2. The molecule has 0 saturated carbocycles. The molecule has 10 heteroatoms. The fraction of sp³-hybridized carbons (Fsp3) is 0.314. The Bertz CT molecular complexity index is 1480. The van der Waals surface area contributed by atoms with E-state index in [1.54, 1.807) is 6.08 Å². The summed E-state index contributed by atoms with van der Waals surface area (Å²) < 4.78 is 10.9. The molecule has 0 aromatic heterocycles. The van der Waals surface area contributed by atoms with Gasteiger partial charge in [-0.05, 0) is 47.5 Å². The molecule has 45 heavy (non-hydrogen) atoms. The van der Waals surface area contributed by atoms with Crippen LogP contribution in [-0.4, -0.2) is 85.1 Å². The van der Waals surface area contributed by atoms with Gasteiger partial charge in [0.2, 0.25) is 0 Å². The predicted molar refractivity (Wildman–Crippen MR) is 177 cm³/mol. The van der Waals surface area contributed by atoms with Crippen LogP contribution in [0.1, 0.15) is 42.1 Å². The third kappa shape index (κ3) is 10.7. The number of hydroxylamine groups is 2. The van der Waals surface area contributed by atoms with Crippen molar-refractivity contribution in [1.29, 1.82) is 0 Å². The average Bonchev–Trinajstić information content (AvgIpc) is 3.04. The first kappa shape index (κ1) is 35.2. The molecule has 238 valence electrons. The number of halogens is 1. The highest BCUT2D eigenvalue weighted by Gasteiger charge is 2.26. The normalized spacial score (nSPS) is 14.1. The van der Waals surface area contributed by atoms with Crippen molar-refractivity contribution in [2.24, 2.45) is 5.73 Å². The third-order valence-electron chi connectivity index (χ3n) is 7.28. The Balaban J connectivity index is 0.00000552. The van der Waals surface area contributed by atoms with E-state index < -0.39 is 12.0 Å². The maximum atomic E-state index is 11.7. The molecule has 1 aliphatic heterocycles. The van der Waals surface area contributed by atoms with Gasteiger partial charge in [-0.2, -0.15) is 0 Å². The topological polar surface area (TPSA) is 109 Å². The molecule has 0 bridgehead atoms. The van der Waals surface area contributed by atoms with E-state index in [0.29, 0.717) is 28.5 Å². The summed E-state index contributed by atoms with van der Waals surface area (Å²) in [6.07, 6.45) is 3.21. The lowest BCUT2D eigenvalue weighted by Crippen LogP contribution is -2.48. The minimum atomic E-state index is -0.931. The van der Waals surface area contributed by atoms with Crippen LogP contribution < -0.4 is 10.5 Å².